The van der Waals surface area contributed by atoms with Crippen LogP contribution in [0.5, 0.6) is 0 Å². The third-order valence-electron chi connectivity index (χ3n) is 4.04. The minimum Gasteiger partial charge on any atom is -0.501 e. The quantitative estimate of drug-likeness (QED) is 0.470. The highest BCUT2D eigenvalue weighted by atomic mass is 19.4. The Morgan fingerprint density at radius 3 is 2.00 bits per heavy atom. The second-order valence-corrected chi connectivity index (χ2v) is 5.31. The third kappa shape index (κ3) is 5.55. The van der Waals surface area contributed by atoms with Gasteiger partial charge in [0.05, 0.1) is 13.5 Å². The number of hydrogen-bond acceptors (Lipinski definition) is 2. The lowest BCUT2D eigenvalue weighted by atomic mass is 9.79. The fraction of sp³-hybridized carbons (Fsp3) is 0.800. The fourth-order valence-corrected chi connectivity index (χ4v) is 1.97. The van der Waals surface area contributed by atoms with E-state index in [0.717, 1.165) is 0 Å². The van der Waals surface area contributed by atoms with Crippen LogP contribution >= 0.6 is 0 Å². The maximum atomic E-state index is 12.5. The summed E-state index contributed by atoms with van der Waals surface area (Å²) in [6.07, 6.45) is -2.41. The van der Waals surface area contributed by atoms with E-state index in [4.69, 9.17) is 4.74 Å². The summed E-state index contributed by atoms with van der Waals surface area (Å²) in [7, 11) is 1.31. The molecule has 0 spiro atoms. The smallest absolute Gasteiger partial charge is 0.389 e. The Hall–Kier alpha value is -1.00. The Kier molecular flexibility index (Phi) is 7.31. The molecular weight excluding hydrogens is 269 g/mol. The molecule has 1 atom stereocenters. The summed E-state index contributed by atoms with van der Waals surface area (Å²) in [6, 6.07) is 0. The molecular formula is C15H25F3O2. The zero-order valence-electron chi connectivity index (χ0n) is 12.9. The average molecular weight is 294 g/mol. The van der Waals surface area contributed by atoms with Crippen LogP contribution in [0.2, 0.25) is 0 Å². The molecule has 0 amide bonds. The van der Waals surface area contributed by atoms with Crippen molar-refractivity contribution in [3.63, 3.8) is 0 Å². The molecule has 0 saturated carbocycles. The zero-order valence-corrected chi connectivity index (χ0v) is 12.9. The number of hydrogen-bond donors (Lipinski definition) is 0. The van der Waals surface area contributed by atoms with Crippen LogP contribution in [0.4, 0.5) is 13.2 Å². The summed E-state index contributed by atoms with van der Waals surface area (Å²) in [5, 5.41) is 0. The molecule has 1 unspecified atom stereocenters. The Morgan fingerprint density at radius 2 is 1.70 bits per heavy atom. The van der Waals surface area contributed by atoms with Crippen LogP contribution in [0, 0.1) is 11.3 Å². The first-order chi connectivity index (χ1) is 9.13. The second kappa shape index (κ2) is 7.70. The molecule has 0 rings (SSSR count). The van der Waals surface area contributed by atoms with Crippen molar-refractivity contribution in [2.24, 2.45) is 11.3 Å². The van der Waals surface area contributed by atoms with Gasteiger partial charge in [0.25, 0.3) is 0 Å². The molecule has 0 aliphatic carbocycles. The number of allylic oxidation sites excluding steroid dienone is 2. The lowest BCUT2D eigenvalue weighted by Gasteiger charge is -2.25. The molecule has 0 bridgehead atoms. The molecule has 0 radical (unpaired) electrons. The molecule has 0 saturated heterocycles. The molecule has 0 aliphatic rings. The van der Waals surface area contributed by atoms with Gasteiger partial charge >= 0.3 is 6.18 Å². The molecule has 0 N–H and O–H groups in total. The van der Waals surface area contributed by atoms with Gasteiger partial charge in [-0.2, -0.15) is 13.2 Å². The summed E-state index contributed by atoms with van der Waals surface area (Å²) in [5.74, 6) is -0.843. The summed E-state index contributed by atoms with van der Waals surface area (Å²) < 4.78 is 42.6. The van der Waals surface area contributed by atoms with Crippen LogP contribution in [0.3, 0.4) is 0 Å². The standard InChI is InChI=1S/C15H25F3O2/c1-6-11(10-15(16,17)18)12(20-5)9-13(19)14(4,7-2)8-3/h9,11H,6-8,10H2,1-5H3/b12-9-. The van der Waals surface area contributed by atoms with Gasteiger partial charge in [0.1, 0.15) is 5.76 Å². The zero-order chi connectivity index (χ0) is 16.0. The fourth-order valence-electron chi connectivity index (χ4n) is 1.97. The van der Waals surface area contributed by atoms with E-state index in [1.54, 1.807) is 6.92 Å². The van der Waals surface area contributed by atoms with Crippen molar-refractivity contribution in [3.05, 3.63) is 11.8 Å². The van der Waals surface area contributed by atoms with Crippen molar-refractivity contribution in [1.82, 2.24) is 0 Å². The van der Waals surface area contributed by atoms with Crippen molar-refractivity contribution in [2.45, 2.75) is 59.6 Å². The van der Waals surface area contributed by atoms with Gasteiger partial charge in [-0.05, 0) is 19.3 Å². The highest BCUT2D eigenvalue weighted by Crippen LogP contribution is 2.33. The first-order valence-corrected chi connectivity index (χ1v) is 7.00. The highest BCUT2D eigenvalue weighted by Gasteiger charge is 2.34. The maximum absolute atomic E-state index is 12.5. The number of rotatable bonds is 8. The van der Waals surface area contributed by atoms with Gasteiger partial charge in [-0.15, -0.1) is 0 Å². The molecule has 2 nitrogen and oxygen atoms in total. The van der Waals surface area contributed by atoms with E-state index in [1.165, 1.54) is 13.2 Å². The first-order valence-electron chi connectivity index (χ1n) is 7.00. The SMILES string of the molecule is CCC(CC(F)(F)F)/C(=C/C(=O)C(C)(CC)CC)OC. The van der Waals surface area contributed by atoms with Gasteiger partial charge in [0.15, 0.2) is 5.78 Å². The van der Waals surface area contributed by atoms with Crippen molar-refractivity contribution in [2.75, 3.05) is 7.11 Å². The van der Waals surface area contributed by atoms with E-state index < -0.39 is 23.9 Å². The van der Waals surface area contributed by atoms with Crippen LogP contribution in [0.25, 0.3) is 0 Å². The largest absolute Gasteiger partial charge is 0.501 e. The van der Waals surface area contributed by atoms with E-state index in [1.807, 2.05) is 20.8 Å². The highest BCUT2D eigenvalue weighted by molar-refractivity contribution is 5.94. The Labute approximate surface area is 119 Å². The van der Waals surface area contributed by atoms with Gasteiger partial charge in [-0.1, -0.05) is 27.7 Å². The predicted octanol–water partition coefficient (Wildman–Crippen LogP) is 4.89. The number of carbonyl (C=O) groups is 1. The van der Waals surface area contributed by atoms with Crippen molar-refractivity contribution in [3.8, 4) is 0 Å². The number of alkyl halides is 3. The van der Waals surface area contributed by atoms with Gasteiger partial charge in [0, 0.05) is 17.4 Å². The number of ketones is 1. The minimum absolute atomic E-state index is 0.128. The third-order valence-corrected chi connectivity index (χ3v) is 4.04. The monoisotopic (exact) mass is 294 g/mol. The van der Waals surface area contributed by atoms with Gasteiger partial charge in [-0.25, -0.2) is 0 Å². The molecule has 0 aromatic rings. The number of methoxy groups -OCH3 is 1. The van der Waals surface area contributed by atoms with Crippen molar-refractivity contribution in [1.29, 1.82) is 0 Å². The Balaban J connectivity index is 5.23. The van der Waals surface area contributed by atoms with Gasteiger partial charge in [-0.3, -0.25) is 4.79 Å². The van der Waals surface area contributed by atoms with Crippen LogP contribution < -0.4 is 0 Å². The summed E-state index contributed by atoms with van der Waals surface area (Å²) in [5.41, 5.74) is -0.541. The Morgan fingerprint density at radius 1 is 1.20 bits per heavy atom. The molecule has 0 aliphatic heterocycles. The minimum atomic E-state index is -4.26. The predicted molar refractivity (Wildman–Crippen MR) is 73.2 cm³/mol. The average Bonchev–Trinajstić information content (AvgIpc) is 2.39. The van der Waals surface area contributed by atoms with Crippen LogP contribution in [-0.2, 0) is 9.53 Å². The van der Waals surface area contributed by atoms with Crippen molar-refractivity contribution >= 4 is 5.78 Å². The number of carbonyl (C=O) groups excluding carboxylic acids is 1. The van der Waals surface area contributed by atoms with E-state index >= 15 is 0 Å². The topological polar surface area (TPSA) is 26.3 Å². The second-order valence-electron chi connectivity index (χ2n) is 5.31. The number of ether oxygens (including phenoxy) is 1. The molecule has 0 fully saturated rings. The van der Waals surface area contributed by atoms with Crippen LogP contribution in [0.1, 0.15) is 53.4 Å². The van der Waals surface area contributed by atoms with Crippen LogP contribution in [0.15, 0.2) is 11.8 Å². The molecule has 0 aromatic carbocycles. The van der Waals surface area contributed by atoms with E-state index in [0.29, 0.717) is 12.8 Å². The van der Waals surface area contributed by atoms with E-state index in [9.17, 15) is 18.0 Å². The van der Waals surface area contributed by atoms with E-state index in [-0.39, 0.29) is 18.0 Å². The first kappa shape index (κ1) is 19.0. The maximum Gasteiger partial charge on any atom is 0.389 e. The summed E-state index contributed by atoms with van der Waals surface area (Å²) in [4.78, 5) is 12.2. The van der Waals surface area contributed by atoms with Crippen LogP contribution in [-0.4, -0.2) is 19.1 Å². The lowest BCUT2D eigenvalue weighted by Crippen LogP contribution is -2.26. The summed E-state index contributed by atoms with van der Waals surface area (Å²) >= 11 is 0. The number of halogens is 3. The van der Waals surface area contributed by atoms with E-state index in [2.05, 4.69) is 0 Å². The molecule has 20 heavy (non-hydrogen) atoms. The van der Waals surface area contributed by atoms with Gasteiger partial charge in [0.2, 0.25) is 0 Å². The normalized spacial score (nSPS) is 15.1. The lowest BCUT2D eigenvalue weighted by molar-refractivity contribution is -0.144. The summed E-state index contributed by atoms with van der Waals surface area (Å²) in [6.45, 7) is 7.28. The van der Waals surface area contributed by atoms with Gasteiger partial charge < -0.3 is 4.74 Å². The molecule has 118 valence electrons. The van der Waals surface area contributed by atoms with Crippen molar-refractivity contribution < 1.29 is 22.7 Å². The molecule has 0 heterocycles. The Bertz CT molecular complexity index is 342. The molecule has 0 aromatic heterocycles. The molecule has 5 heteroatoms.